The van der Waals surface area contributed by atoms with E-state index in [-0.39, 0.29) is 6.54 Å². The van der Waals surface area contributed by atoms with E-state index in [9.17, 15) is 19.2 Å². The molecule has 1 aliphatic heterocycles. The second-order valence-corrected chi connectivity index (χ2v) is 5.61. The molecule has 1 N–H and O–H groups in total. The molecule has 0 spiro atoms. The standard InChI is InChI=1S/C17H21N3O4/c1-2-3-7-10-18-14(21)12-20-16(23)15(22)19(17(20)24)11-13-8-5-4-6-9-13/h4-6,8-9H,2-3,7,10-12H2,1H3,(H,18,21). The molecule has 0 aromatic heterocycles. The summed E-state index contributed by atoms with van der Waals surface area (Å²) in [5, 5.41) is 2.65. The van der Waals surface area contributed by atoms with Crippen LogP contribution in [0.15, 0.2) is 30.3 Å². The summed E-state index contributed by atoms with van der Waals surface area (Å²) in [6.07, 6.45) is 2.86. The number of carbonyl (C=O) groups excluding carboxylic acids is 4. The summed E-state index contributed by atoms with van der Waals surface area (Å²) in [7, 11) is 0. The molecule has 1 aromatic carbocycles. The maximum Gasteiger partial charge on any atom is 0.335 e. The fraction of sp³-hybridized carbons (Fsp3) is 0.412. The van der Waals surface area contributed by atoms with Crippen molar-refractivity contribution < 1.29 is 19.2 Å². The van der Waals surface area contributed by atoms with Gasteiger partial charge in [-0.2, -0.15) is 0 Å². The normalized spacial score (nSPS) is 14.5. The van der Waals surface area contributed by atoms with E-state index in [0.29, 0.717) is 11.4 Å². The summed E-state index contributed by atoms with van der Waals surface area (Å²) in [6.45, 7) is 2.13. The molecule has 1 saturated heterocycles. The van der Waals surface area contributed by atoms with Gasteiger partial charge in [0, 0.05) is 6.54 Å². The third kappa shape index (κ3) is 4.18. The minimum atomic E-state index is -0.959. The summed E-state index contributed by atoms with van der Waals surface area (Å²) < 4.78 is 0. The van der Waals surface area contributed by atoms with Crippen LogP contribution < -0.4 is 5.32 Å². The molecule has 1 aromatic rings. The van der Waals surface area contributed by atoms with E-state index in [4.69, 9.17) is 0 Å². The highest BCUT2D eigenvalue weighted by Gasteiger charge is 2.45. The van der Waals surface area contributed by atoms with Gasteiger partial charge in [-0.15, -0.1) is 0 Å². The topological polar surface area (TPSA) is 86.8 Å². The lowest BCUT2D eigenvalue weighted by Crippen LogP contribution is -2.41. The van der Waals surface area contributed by atoms with Crippen molar-refractivity contribution >= 4 is 23.8 Å². The van der Waals surface area contributed by atoms with Crippen LogP contribution >= 0.6 is 0 Å². The van der Waals surface area contributed by atoms with Gasteiger partial charge in [0.2, 0.25) is 5.91 Å². The van der Waals surface area contributed by atoms with Crippen LogP contribution in [0.2, 0.25) is 0 Å². The number of amides is 5. The van der Waals surface area contributed by atoms with Gasteiger partial charge in [-0.3, -0.25) is 19.3 Å². The van der Waals surface area contributed by atoms with Gasteiger partial charge in [0.15, 0.2) is 0 Å². The Morgan fingerprint density at radius 1 is 1.00 bits per heavy atom. The van der Waals surface area contributed by atoms with Crippen LogP contribution in [0.5, 0.6) is 0 Å². The maximum atomic E-state index is 12.3. The third-order valence-corrected chi connectivity index (χ3v) is 3.72. The number of imide groups is 2. The van der Waals surface area contributed by atoms with Gasteiger partial charge < -0.3 is 5.32 Å². The van der Waals surface area contributed by atoms with Crippen molar-refractivity contribution in [3.05, 3.63) is 35.9 Å². The second kappa shape index (κ2) is 8.24. The first-order chi connectivity index (χ1) is 11.5. The molecule has 0 aliphatic carbocycles. The zero-order valence-corrected chi connectivity index (χ0v) is 13.7. The number of carbonyl (C=O) groups is 4. The molecule has 0 radical (unpaired) electrons. The Kier molecular flexibility index (Phi) is 6.06. The zero-order chi connectivity index (χ0) is 17.5. The van der Waals surface area contributed by atoms with Crippen molar-refractivity contribution in [2.45, 2.75) is 32.7 Å². The van der Waals surface area contributed by atoms with Crippen molar-refractivity contribution in [1.82, 2.24) is 15.1 Å². The first-order valence-corrected chi connectivity index (χ1v) is 8.02. The van der Waals surface area contributed by atoms with Gasteiger partial charge in [-0.1, -0.05) is 50.1 Å². The SMILES string of the molecule is CCCCCNC(=O)CN1C(=O)C(=O)N(Cc2ccccc2)C1=O. The fourth-order valence-corrected chi connectivity index (χ4v) is 2.40. The number of hydrogen-bond acceptors (Lipinski definition) is 4. The van der Waals surface area contributed by atoms with E-state index in [0.717, 1.165) is 29.7 Å². The number of nitrogens with zero attached hydrogens (tertiary/aromatic N) is 2. The van der Waals surface area contributed by atoms with E-state index < -0.39 is 30.3 Å². The molecule has 1 fully saturated rings. The minimum absolute atomic E-state index is 0.0128. The number of urea groups is 1. The highest BCUT2D eigenvalue weighted by molar-refractivity contribution is 6.44. The predicted octanol–water partition coefficient (Wildman–Crippen LogP) is 1.28. The van der Waals surface area contributed by atoms with E-state index in [2.05, 4.69) is 12.2 Å². The monoisotopic (exact) mass is 331 g/mol. The Balaban J connectivity index is 1.94. The molecular formula is C17H21N3O4. The lowest BCUT2D eigenvalue weighted by atomic mass is 10.2. The van der Waals surface area contributed by atoms with Crippen LogP contribution in [0.1, 0.15) is 31.7 Å². The van der Waals surface area contributed by atoms with Gasteiger partial charge in [0.25, 0.3) is 0 Å². The molecule has 7 nitrogen and oxygen atoms in total. The summed E-state index contributed by atoms with van der Waals surface area (Å²) in [5.41, 5.74) is 0.734. The molecule has 0 unspecified atom stereocenters. The Hall–Kier alpha value is -2.70. The number of rotatable bonds is 8. The van der Waals surface area contributed by atoms with Gasteiger partial charge in [-0.25, -0.2) is 9.69 Å². The number of benzene rings is 1. The van der Waals surface area contributed by atoms with Crippen LogP contribution in [0.4, 0.5) is 4.79 Å². The molecule has 7 heteroatoms. The van der Waals surface area contributed by atoms with Gasteiger partial charge in [0.1, 0.15) is 6.54 Å². The first-order valence-electron chi connectivity index (χ1n) is 8.02. The van der Waals surface area contributed by atoms with Crippen molar-refractivity contribution in [3.8, 4) is 0 Å². The van der Waals surface area contributed by atoms with E-state index in [1.54, 1.807) is 24.3 Å². The van der Waals surface area contributed by atoms with Crippen LogP contribution in [-0.4, -0.2) is 46.6 Å². The van der Waals surface area contributed by atoms with Gasteiger partial charge in [-0.05, 0) is 12.0 Å². The van der Waals surface area contributed by atoms with Crippen molar-refractivity contribution in [2.24, 2.45) is 0 Å². The van der Waals surface area contributed by atoms with Crippen LogP contribution in [0.3, 0.4) is 0 Å². The molecular weight excluding hydrogens is 310 g/mol. The highest BCUT2D eigenvalue weighted by atomic mass is 16.2. The summed E-state index contributed by atoms with van der Waals surface area (Å²) in [6, 6.07) is 8.14. The van der Waals surface area contributed by atoms with Crippen LogP contribution in [0, 0.1) is 0 Å². The Morgan fingerprint density at radius 3 is 2.33 bits per heavy atom. The number of unbranched alkanes of at least 4 members (excludes halogenated alkanes) is 2. The summed E-state index contributed by atoms with van der Waals surface area (Å²) in [5.74, 6) is -2.30. The molecule has 1 heterocycles. The van der Waals surface area contributed by atoms with Gasteiger partial charge in [0.05, 0.1) is 6.54 Å². The highest BCUT2D eigenvalue weighted by Crippen LogP contribution is 2.15. The average molecular weight is 331 g/mol. The minimum Gasteiger partial charge on any atom is -0.355 e. The van der Waals surface area contributed by atoms with Crippen molar-refractivity contribution in [1.29, 1.82) is 0 Å². The second-order valence-electron chi connectivity index (χ2n) is 5.61. The molecule has 24 heavy (non-hydrogen) atoms. The first kappa shape index (κ1) is 17.7. The number of nitrogens with one attached hydrogen (secondary N) is 1. The Morgan fingerprint density at radius 2 is 1.67 bits per heavy atom. The summed E-state index contributed by atoms with van der Waals surface area (Å²) >= 11 is 0. The molecule has 2 rings (SSSR count). The Bertz CT molecular complexity index is 630. The molecule has 0 saturated carbocycles. The molecule has 0 bridgehead atoms. The van der Waals surface area contributed by atoms with E-state index in [1.807, 2.05) is 6.07 Å². The average Bonchev–Trinajstić information content (AvgIpc) is 2.78. The largest absolute Gasteiger partial charge is 0.355 e. The van der Waals surface area contributed by atoms with Crippen molar-refractivity contribution in [2.75, 3.05) is 13.1 Å². The molecule has 1 aliphatic rings. The molecule has 0 atom stereocenters. The van der Waals surface area contributed by atoms with Gasteiger partial charge >= 0.3 is 17.8 Å². The number of hydrogen-bond donors (Lipinski definition) is 1. The predicted molar refractivity (Wildman–Crippen MR) is 86.6 cm³/mol. The van der Waals surface area contributed by atoms with Crippen molar-refractivity contribution in [3.63, 3.8) is 0 Å². The molecule has 128 valence electrons. The smallest absolute Gasteiger partial charge is 0.335 e. The lowest BCUT2D eigenvalue weighted by molar-refractivity contribution is -0.144. The summed E-state index contributed by atoms with van der Waals surface area (Å²) in [4.78, 5) is 49.6. The van der Waals surface area contributed by atoms with Crippen LogP contribution in [-0.2, 0) is 20.9 Å². The van der Waals surface area contributed by atoms with Crippen LogP contribution in [0.25, 0.3) is 0 Å². The Labute approximate surface area is 140 Å². The quantitative estimate of drug-likeness (QED) is 0.442. The van der Waals surface area contributed by atoms with E-state index in [1.165, 1.54) is 0 Å². The fourth-order valence-electron chi connectivity index (χ4n) is 2.40. The maximum absolute atomic E-state index is 12.3. The lowest BCUT2D eigenvalue weighted by Gasteiger charge is -2.15. The van der Waals surface area contributed by atoms with E-state index >= 15 is 0 Å². The third-order valence-electron chi connectivity index (χ3n) is 3.72. The zero-order valence-electron chi connectivity index (χ0n) is 13.7. The molecule has 5 amide bonds.